The van der Waals surface area contributed by atoms with Gasteiger partial charge >= 0.3 is 0 Å². The van der Waals surface area contributed by atoms with E-state index >= 15 is 0 Å². The van der Waals surface area contributed by atoms with Gasteiger partial charge in [-0.05, 0) is 42.5 Å². The van der Waals surface area contributed by atoms with E-state index in [9.17, 15) is 13.9 Å². The van der Waals surface area contributed by atoms with Crippen molar-refractivity contribution in [1.82, 2.24) is 14.5 Å². The smallest absolute Gasteiger partial charge is 0.203 e. The maximum absolute atomic E-state index is 14.7. The van der Waals surface area contributed by atoms with Crippen LogP contribution in [0.2, 0.25) is 0 Å². The fourth-order valence-corrected chi connectivity index (χ4v) is 4.21. The van der Waals surface area contributed by atoms with Gasteiger partial charge in [-0.15, -0.1) is 0 Å². The predicted molar refractivity (Wildman–Crippen MR) is 139 cm³/mol. The van der Waals surface area contributed by atoms with Crippen LogP contribution in [0.25, 0.3) is 22.2 Å². The van der Waals surface area contributed by atoms with Gasteiger partial charge in [-0.25, -0.2) is 18.7 Å². The zero-order chi connectivity index (χ0) is 26.8. The van der Waals surface area contributed by atoms with Crippen molar-refractivity contribution in [3.05, 3.63) is 84.2 Å². The number of methoxy groups -OCH3 is 3. The van der Waals surface area contributed by atoms with Gasteiger partial charge in [0.1, 0.15) is 34.7 Å². The van der Waals surface area contributed by atoms with E-state index in [1.807, 2.05) is 6.07 Å². The third-order valence-corrected chi connectivity index (χ3v) is 6.11. The van der Waals surface area contributed by atoms with Gasteiger partial charge in [0.05, 0.1) is 61.9 Å². The van der Waals surface area contributed by atoms with Gasteiger partial charge in [0.15, 0.2) is 0 Å². The Morgan fingerprint density at radius 2 is 1.66 bits per heavy atom. The molecule has 5 aromatic rings. The molecule has 3 heterocycles. The standard InChI is InChI=1S/C28H24F2N4O4/c1-36-17-8-7-16(24(11-17)38-3)14-34-15-23-27(28(34)35)22(33-25-10-9-18(37-2)13-31-25)12-21(32-23)26-19(29)5-4-6-20(26)30/h4-13,15,35H,14H2,1-3H3,(H,31,33). The molecular formula is C28H24F2N4O4. The molecule has 2 aromatic carbocycles. The summed E-state index contributed by atoms with van der Waals surface area (Å²) in [4.78, 5) is 8.81. The minimum absolute atomic E-state index is 0.0586. The summed E-state index contributed by atoms with van der Waals surface area (Å²) < 4.78 is 46.9. The van der Waals surface area contributed by atoms with E-state index in [4.69, 9.17) is 14.2 Å². The molecule has 0 amide bonds. The second kappa shape index (κ2) is 10.3. The number of fused-ring (bicyclic) bond motifs is 1. The largest absolute Gasteiger partial charge is 0.497 e. The van der Waals surface area contributed by atoms with Crippen LogP contribution in [0.5, 0.6) is 23.1 Å². The Morgan fingerprint density at radius 3 is 2.32 bits per heavy atom. The molecule has 194 valence electrons. The first-order valence-electron chi connectivity index (χ1n) is 11.6. The summed E-state index contributed by atoms with van der Waals surface area (Å²) in [7, 11) is 4.64. The number of aromatic hydroxyl groups is 1. The molecule has 0 spiro atoms. The van der Waals surface area contributed by atoms with Crippen molar-refractivity contribution in [3.8, 4) is 34.4 Å². The Morgan fingerprint density at radius 1 is 0.921 bits per heavy atom. The lowest BCUT2D eigenvalue weighted by molar-refractivity contribution is 0.387. The Kier molecular flexibility index (Phi) is 6.69. The topological polar surface area (TPSA) is 90.7 Å². The van der Waals surface area contributed by atoms with Crippen LogP contribution in [-0.2, 0) is 6.54 Å². The van der Waals surface area contributed by atoms with Crippen molar-refractivity contribution in [2.75, 3.05) is 26.6 Å². The van der Waals surface area contributed by atoms with E-state index in [0.717, 1.165) is 5.56 Å². The first-order valence-corrected chi connectivity index (χ1v) is 11.6. The van der Waals surface area contributed by atoms with Gasteiger partial charge < -0.3 is 29.2 Å². The molecule has 10 heteroatoms. The Bertz CT molecular complexity index is 1600. The number of nitrogens with one attached hydrogen (secondary N) is 1. The number of hydrogen-bond acceptors (Lipinski definition) is 7. The molecule has 0 unspecified atom stereocenters. The third kappa shape index (κ3) is 4.63. The molecule has 0 aliphatic rings. The second-order valence-corrected chi connectivity index (χ2v) is 8.38. The van der Waals surface area contributed by atoms with Gasteiger partial charge in [0.2, 0.25) is 5.88 Å². The van der Waals surface area contributed by atoms with E-state index in [1.165, 1.54) is 37.6 Å². The molecule has 2 N–H and O–H groups in total. The molecule has 0 bridgehead atoms. The van der Waals surface area contributed by atoms with E-state index in [-0.39, 0.29) is 23.7 Å². The van der Waals surface area contributed by atoms with Crippen LogP contribution in [0.1, 0.15) is 5.56 Å². The highest BCUT2D eigenvalue weighted by Gasteiger charge is 2.21. The SMILES string of the molecule is COc1ccc(Nc2cc(-c3c(F)cccc3F)nc3cn(Cc4ccc(OC)cc4OC)c(O)c23)nc1. The number of rotatable bonds is 8. The first kappa shape index (κ1) is 24.8. The van der Waals surface area contributed by atoms with Gasteiger partial charge in [-0.1, -0.05) is 6.07 Å². The van der Waals surface area contributed by atoms with E-state index < -0.39 is 11.6 Å². The quantitative estimate of drug-likeness (QED) is 0.264. The lowest BCUT2D eigenvalue weighted by Crippen LogP contribution is -2.01. The van der Waals surface area contributed by atoms with Crippen molar-refractivity contribution in [2.24, 2.45) is 0 Å². The van der Waals surface area contributed by atoms with Gasteiger partial charge in [0.25, 0.3) is 0 Å². The van der Waals surface area contributed by atoms with Crippen LogP contribution in [0.15, 0.2) is 67.0 Å². The van der Waals surface area contributed by atoms with Gasteiger partial charge in [-0.3, -0.25) is 0 Å². The van der Waals surface area contributed by atoms with Crippen molar-refractivity contribution in [1.29, 1.82) is 0 Å². The first-order chi connectivity index (χ1) is 18.4. The van der Waals surface area contributed by atoms with E-state index in [2.05, 4.69) is 15.3 Å². The molecule has 0 radical (unpaired) electrons. The molecule has 0 fully saturated rings. The molecular weight excluding hydrogens is 494 g/mol. The summed E-state index contributed by atoms with van der Waals surface area (Å²) in [5.74, 6) is 0.596. The molecule has 3 aromatic heterocycles. The normalized spacial score (nSPS) is 11.0. The highest BCUT2D eigenvalue weighted by atomic mass is 19.1. The van der Waals surface area contributed by atoms with Crippen molar-refractivity contribution in [3.63, 3.8) is 0 Å². The van der Waals surface area contributed by atoms with Gasteiger partial charge in [-0.2, -0.15) is 0 Å². The number of anilines is 2. The number of benzene rings is 2. The fourth-order valence-electron chi connectivity index (χ4n) is 4.21. The van der Waals surface area contributed by atoms with Gasteiger partial charge in [0, 0.05) is 17.8 Å². The van der Waals surface area contributed by atoms with Crippen molar-refractivity contribution < 1.29 is 28.1 Å². The molecule has 0 saturated carbocycles. The lowest BCUT2D eigenvalue weighted by atomic mass is 10.1. The maximum Gasteiger partial charge on any atom is 0.203 e. The highest BCUT2D eigenvalue weighted by Crippen LogP contribution is 2.39. The summed E-state index contributed by atoms with van der Waals surface area (Å²) in [5.41, 5.74) is 1.25. The number of aromatic nitrogens is 3. The van der Waals surface area contributed by atoms with Crippen LogP contribution in [0.4, 0.5) is 20.3 Å². The highest BCUT2D eigenvalue weighted by molar-refractivity contribution is 5.99. The zero-order valence-electron chi connectivity index (χ0n) is 20.8. The van der Waals surface area contributed by atoms with E-state index in [0.29, 0.717) is 39.7 Å². The molecule has 8 nitrogen and oxygen atoms in total. The van der Waals surface area contributed by atoms with Crippen LogP contribution in [0.3, 0.4) is 0 Å². The summed E-state index contributed by atoms with van der Waals surface area (Å²) in [6, 6.07) is 13.9. The summed E-state index contributed by atoms with van der Waals surface area (Å²) in [6.45, 7) is 0.235. The molecule has 38 heavy (non-hydrogen) atoms. The third-order valence-electron chi connectivity index (χ3n) is 6.11. The summed E-state index contributed by atoms with van der Waals surface area (Å²) >= 11 is 0. The summed E-state index contributed by atoms with van der Waals surface area (Å²) in [5, 5.41) is 14.7. The zero-order valence-corrected chi connectivity index (χ0v) is 20.8. The van der Waals surface area contributed by atoms with Crippen LogP contribution in [-0.4, -0.2) is 41.0 Å². The predicted octanol–water partition coefficient (Wildman–Crippen LogP) is 5.90. The van der Waals surface area contributed by atoms with Crippen molar-refractivity contribution >= 4 is 22.4 Å². The molecule has 0 saturated heterocycles. The van der Waals surface area contributed by atoms with Crippen LogP contribution in [0, 0.1) is 11.6 Å². The molecule has 0 atom stereocenters. The molecule has 5 rings (SSSR count). The Hall–Kier alpha value is -4.86. The van der Waals surface area contributed by atoms with Crippen LogP contribution < -0.4 is 19.5 Å². The number of nitrogens with zero attached hydrogens (tertiary/aromatic N) is 3. The number of halogens is 2. The lowest BCUT2D eigenvalue weighted by Gasteiger charge is -2.12. The molecule has 0 aliphatic carbocycles. The minimum atomic E-state index is -0.753. The molecule has 0 aliphatic heterocycles. The van der Waals surface area contributed by atoms with Crippen molar-refractivity contribution in [2.45, 2.75) is 6.54 Å². The summed E-state index contributed by atoms with van der Waals surface area (Å²) in [6.07, 6.45) is 3.14. The maximum atomic E-state index is 14.7. The minimum Gasteiger partial charge on any atom is -0.497 e. The average molecular weight is 519 g/mol. The number of ether oxygens (including phenoxy) is 3. The number of hydrogen-bond donors (Lipinski definition) is 2. The average Bonchev–Trinajstić information content (AvgIpc) is 3.24. The monoisotopic (exact) mass is 518 g/mol. The van der Waals surface area contributed by atoms with Crippen LogP contribution >= 0.6 is 0 Å². The second-order valence-electron chi connectivity index (χ2n) is 8.38. The van der Waals surface area contributed by atoms with E-state index in [1.54, 1.807) is 49.2 Å². The number of pyridine rings is 2. The Balaban J connectivity index is 1.65. The Labute approximate surface area is 217 Å². The fraction of sp³-hybridized carbons (Fsp3) is 0.143.